The van der Waals surface area contributed by atoms with Crippen molar-refractivity contribution in [2.45, 2.75) is 19.3 Å². The Bertz CT molecular complexity index is 468. The molecule has 1 heterocycles. The average molecular weight is 246 g/mol. The van der Waals surface area contributed by atoms with Crippen LogP contribution in [0.15, 0.2) is 22.8 Å². The summed E-state index contributed by atoms with van der Waals surface area (Å²) in [6.07, 6.45) is 3.99. The predicted octanol–water partition coefficient (Wildman–Crippen LogP) is 0.750. The van der Waals surface area contributed by atoms with Gasteiger partial charge in [0.15, 0.2) is 5.78 Å². The highest BCUT2D eigenvalue weighted by molar-refractivity contribution is 6.05. The fourth-order valence-electron chi connectivity index (χ4n) is 2.90. The van der Waals surface area contributed by atoms with E-state index in [0.717, 1.165) is 49.3 Å². The second-order valence-corrected chi connectivity index (χ2v) is 5.37. The van der Waals surface area contributed by atoms with E-state index in [1.165, 1.54) is 0 Å². The van der Waals surface area contributed by atoms with Gasteiger partial charge in [0, 0.05) is 50.2 Å². The first-order chi connectivity index (χ1) is 8.65. The minimum Gasteiger partial charge on any atom is -0.336 e. The fourth-order valence-corrected chi connectivity index (χ4v) is 2.90. The minimum absolute atomic E-state index is 0.130. The van der Waals surface area contributed by atoms with Crippen molar-refractivity contribution in [2.24, 2.45) is 0 Å². The number of piperazine rings is 1. The van der Waals surface area contributed by atoms with Crippen molar-refractivity contribution in [2.75, 3.05) is 33.2 Å². The van der Waals surface area contributed by atoms with Gasteiger partial charge in [0.1, 0.15) is 0 Å². The Kier molecular flexibility index (Phi) is 2.82. The van der Waals surface area contributed by atoms with Crippen molar-refractivity contribution in [3.05, 3.63) is 22.8 Å². The van der Waals surface area contributed by atoms with E-state index in [-0.39, 0.29) is 11.7 Å². The lowest BCUT2D eigenvalue weighted by Crippen LogP contribution is -2.47. The molecule has 0 bridgehead atoms. The summed E-state index contributed by atoms with van der Waals surface area (Å²) in [5.41, 5.74) is 2.82. The maximum Gasteiger partial charge on any atom is 0.250 e. The highest BCUT2D eigenvalue weighted by Gasteiger charge is 2.31. The number of allylic oxidation sites excluding steroid dienone is 3. The lowest BCUT2D eigenvalue weighted by Gasteiger charge is -2.32. The molecule has 0 N–H and O–H groups in total. The molecule has 96 valence electrons. The van der Waals surface area contributed by atoms with Crippen LogP contribution in [0.2, 0.25) is 0 Å². The van der Waals surface area contributed by atoms with E-state index in [1.807, 2.05) is 11.0 Å². The lowest BCUT2D eigenvalue weighted by molar-refractivity contribution is -0.128. The molecule has 1 amide bonds. The van der Waals surface area contributed by atoms with Gasteiger partial charge < -0.3 is 9.80 Å². The number of Topliss-reactive ketones (excluding diaryl/α,β-unsaturated/α-hetero) is 1. The van der Waals surface area contributed by atoms with E-state index >= 15 is 0 Å². The number of nitrogens with zero attached hydrogens (tertiary/aromatic N) is 2. The molecule has 0 radical (unpaired) electrons. The Morgan fingerprint density at radius 1 is 1.17 bits per heavy atom. The summed E-state index contributed by atoms with van der Waals surface area (Å²) in [6, 6.07) is 0. The summed E-state index contributed by atoms with van der Waals surface area (Å²) in [5, 5.41) is 0. The Morgan fingerprint density at radius 2 is 1.89 bits per heavy atom. The van der Waals surface area contributed by atoms with Crippen LogP contribution < -0.4 is 0 Å². The molecule has 18 heavy (non-hydrogen) atoms. The zero-order chi connectivity index (χ0) is 12.7. The molecule has 0 aromatic carbocycles. The second kappa shape index (κ2) is 4.35. The third kappa shape index (κ3) is 1.90. The molecule has 0 atom stereocenters. The quantitative estimate of drug-likeness (QED) is 0.685. The van der Waals surface area contributed by atoms with Crippen LogP contribution in [0.3, 0.4) is 0 Å². The number of hydrogen-bond donors (Lipinski definition) is 0. The molecule has 0 aromatic heterocycles. The molecule has 3 aliphatic rings. The monoisotopic (exact) mass is 246 g/mol. The van der Waals surface area contributed by atoms with E-state index in [2.05, 4.69) is 11.9 Å². The van der Waals surface area contributed by atoms with E-state index in [0.29, 0.717) is 12.8 Å². The molecule has 1 fully saturated rings. The van der Waals surface area contributed by atoms with Crippen molar-refractivity contribution in [1.29, 1.82) is 0 Å². The van der Waals surface area contributed by atoms with Gasteiger partial charge in [-0.25, -0.2) is 0 Å². The minimum atomic E-state index is 0.130. The Balaban J connectivity index is 1.67. The van der Waals surface area contributed by atoms with Crippen LogP contribution in [-0.4, -0.2) is 54.7 Å². The van der Waals surface area contributed by atoms with Crippen LogP contribution in [0.25, 0.3) is 0 Å². The summed E-state index contributed by atoms with van der Waals surface area (Å²) in [6.45, 7) is 3.47. The summed E-state index contributed by atoms with van der Waals surface area (Å²) in [5.74, 6) is 0.368. The van der Waals surface area contributed by atoms with Crippen LogP contribution in [-0.2, 0) is 9.59 Å². The first kappa shape index (κ1) is 11.7. The Hall–Kier alpha value is -1.42. The van der Waals surface area contributed by atoms with Crippen molar-refractivity contribution < 1.29 is 9.59 Å². The maximum absolute atomic E-state index is 12.3. The van der Waals surface area contributed by atoms with E-state index in [9.17, 15) is 9.59 Å². The number of carbonyl (C=O) groups is 2. The van der Waals surface area contributed by atoms with Gasteiger partial charge in [-0.05, 0) is 25.1 Å². The molecule has 0 spiro atoms. The molecule has 3 rings (SSSR count). The van der Waals surface area contributed by atoms with Gasteiger partial charge in [0.25, 0.3) is 0 Å². The maximum atomic E-state index is 12.3. The SMILES string of the molecule is CN1CCN(C(=O)C2=CC3=C(C2)C(=O)CC3)CC1. The molecule has 1 saturated heterocycles. The van der Waals surface area contributed by atoms with Gasteiger partial charge in [-0.3, -0.25) is 9.59 Å². The predicted molar refractivity (Wildman–Crippen MR) is 68.0 cm³/mol. The zero-order valence-electron chi connectivity index (χ0n) is 10.7. The smallest absolute Gasteiger partial charge is 0.250 e. The Morgan fingerprint density at radius 3 is 2.56 bits per heavy atom. The summed E-state index contributed by atoms with van der Waals surface area (Å²) in [4.78, 5) is 28.1. The fraction of sp³-hybridized carbons (Fsp3) is 0.571. The van der Waals surface area contributed by atoms with Crippen LogP contribution in [0, 0.1) is 0 Å². The number of hydrogen-bond acceptors (Lipinski definition) is 3. The van der Waals surface area contributed by atoms with Crippen LogP contribution in [0.5, 0.6) is 0 Å². The molecular weight excluding hydrogens is 228 g/mol. The van der Waals surface area contributed by atoms with Gasteiger partial charge in [-0.2, -0.15) is 0 Å². The summed E-state index contributed by atoms with van der Waals surface area (Å²) < 4.78 is 0. The summed E-state index contributed by atoms with van der Waals surface area (Å²) in [7, 11) is 2.07. The molecule has 2 aliphatic carbocycles. The van der Waals surface area contributed by atoms with Gasteiger partial charge >= 0.3 is 0 Å². The van der Waals surface area contributed by atoms with Crippen molar-refractivity contribution >= 4 is 11.7 Å². The molecule has 1 aliphatic heterocycles. The average Bonchev–Trinajstić information content (AvgIpc) is 2.92. The summed E-state index contributed by atoms with van der Waals surface area (Å²) >= 11 is 0. The highest BCUT2D eigenvalue weighted by atomic mass is 16.2. The topological polar surface area (TPSA) is 40.6 Å². The molecular formula is C14H18N2O2. The van der Waals surface area contributed by atoms with Crippen molar-refractivity contribution in [3.63, 3.8) is 0 Å². The van der Waals surface area contributed by atoms with Crippen molar-refractivity contribution in [3.8, 4) is 0 Å². The van der Waals surface area contributed by atoms with Gasteiger partial charge in [0.05, 0.1) is 0 Å². The first-order valence-corrected chi connectivity index (χ1v) is 6.59. The van der Waals surface area contributed by atoms with Gasteiger partial charge in [-0.1, -0.05) is 0 Å². The number of rotatable bonds is 1. The Labute approximate surface area is 107 Å². The number of carbonyl (C=O) groups excluding carboxylic acids is 2. The molecule has 0 aromatic rings. The third-order valence-corrected chi connectivity index (χ3v) is 4.13. The number of likely N-dealkylation sites (N-methyl/N-ethyl adjacent to an activating group) is 1. The first-order valence-electron chi connectivity index (χ1n) is 6.59. The second-order valence-electron chi connectivity index (χ2n) is 5.37. The standard InChI is InChI=1S/C14H18N2O2/c1-15-4-6-16(7-5-15)14(18)11-8-10-2-3-13(17)12(10)9-11/h8H,2-7,9H2,1H3. The largest absolute Gasteiger partial charge is 0.336 e. The number of amides is 1. The van der Waals surface area contributed by atoms with Gasteiger partial charge in [-0.15, -0.1) is 0 Å². The van der Waals surface area contributed by atoms with Crippen LogP contribution >= 0.6 is 0 Å². The molecule has 0 unspecified atom stereocenters. The number of ketones is 1. The molecule has 4 heteroatoms. The van der Waals surface area contributed by atoms with E-state index in [1.54, 1.807) is 0 Å². The van der Waals surface area contributed by atoms with Gasteiger partial charge in [0.2, 0.25) is 5.91 Å². The van der Waals surface area contributed by atoms with Crippen LogP contribution in [0.4, 0.5) is 0 Å². The normalized spacial score (nSPS) is 24.6. The molecule has 0 saturated carbocycles. The third-order valence-electron chi connectivity index (χ3n) is 4.13. The molecule has 4 nitrogen and oxygen atoms in total. The van der Waals surface area contributed by atoms with Crippen molar-refractivity contribution in [1.82, 2.24) is 9.80 Å². The van der Waals surface area contributed by atoms with E-state index in [4.69, 9.17) is 0 Å². The lowest BCUT2D eigenvalue weighted by atomic mass is 10.1. The van der Waals surface area contributed by atoms with Crippen LogP contribution in [0.1, 0.15) is 19.3 Å². The van der Waals surface area contributed by atoms with E-state index < -0.39 is 0 Å². The zero-order valence-corrected chi connectivity index (χ0v) is 10.7. The highest BCUT2D eigenvalue weighted by Crippen LogP contribution is 2.35.